The van der Waals surface area contributed by atoms with Gasteiger partial charge in [-0.25, -0.2) is 0 Å². The van der Waals surface area contributed by atoms with Crippen LogP contribution >= 0.6 is 0 Å². The van der Waals surface area contributed by atoms with Crippen molar-refractivity contribution in [1.29, 1.82) is 0 Å². The maximum Gasteiger partial charge on any atom is 0.0424 e. The molecule has 1 heterocycles. The number of nitrogens with one attached hydrogen (secondary N) is 1. The number of anilines is 1. The smallest absolute Gasteiger partial charge is 0.0424 e. The predicted octanol–water partition coefficient (Wildman–Crippen LogP) is 4.02. The Kier molecular flexibility index (Phi) is 2.69. The zero-order valence-corrected chi connectivity index (χ0v) is 9.83. The summed E-state index contributed by atoms with van der Waals surface area (Å²) < 4.78 is 0. The van der Waals surface area contributed by atoms with Crippen LogP contribution in [0, 0.1) is 0 Å². The van der Waals surface area contributed by atoms with Gasteiger partial charge in [0.15, 0.2) is 0 Å². The van der Waals surface area contributed by atoms with Crippen LogP contribution in [-0.2, 0) is 5.41 Å². The summed E-state index contributed by atoms with van der Waals surface area (Å²) in [4.78, 5) is 0. The van der Waals surface area contributed by atoms with Crippen LogP contribution in [0.1, 0.15) is 19.4 Å². The van der Waals surface area contributed by atoms with Gasteiger partial charge in [-0.2, -0.15) is 0 Å². The first-order valence-corrected chi connectivity index (χ1v) is 5.52. The van der Waals surface area contributed by atoms with E-state index in [-0.39, 0.29) is 5.41 Å². The third-order valence-electron chi connectivity index (χ3n) is 3.05. The van der Waals surface area contributed by atoms with Crippen LogP contribution in [-0.4, -0.2) is 0 Å². The van der Waals surface area contributed by atoms with Gasteiger partial charge in [0, 0.05) is 16.8 Å². The molecule has 0 unspecified atom stereocenters. The number of fused-ring (bicyclic) bond motifs is 1. The summed E-state index contributed by atoms with van der Waals surface area (Å²) in [5.74, 6) is 0. The molecule has 1 aromatic carbocycles. The zero-order chi connectivity index (χ0) is 11.6. The maximum absolute atomic E-state index is 3.66. The molecular formula is C15H17N. The molecule has 0 radical (unpaired) electrons. The normalized spacial score (nSPS) is 19.8. The quantitative estimate of drug-likeness (QED) is 0.729. The van der Waals surface area contributed by atoms with Crippen LogP contribution in [0.15, 0.2) is 60.8 Å². The lowest BCUT2D eigenvalue weighted by molar-refractivity contribution is 0.654. The molecule has 0 amide bonds. The highest BCUT2D eigenvalue weighted by molar-refractivity contribution is 5.68. The lowest BCUT2D eigenvalue weighted by Crippen LogP contribution is -2.16. The lowest BCUT2D eigenvalue weighted by Gasteiger charge is -2.19. The average Bonchev–Trinajstić information content (AvgIpc) is 2.52. The Bertz CT molecular complexity index is 464. The van der Waals surface area contributed by atoms with Crippen molar-refractivity contribution < 1.29 is 0 Å². The maximum atomic E-state index is 3.66. The van der Waals surface area contributed by atoms with Crippen molar-refractivity contribution in [2.24, 2.45) is 0 Å². The molecule has 1 aliphatic heterocycles. The second-order valence-corrected chi connectivity index (χ2v) is 4.50. The molecule has 1 aromatic rings. The van der Waals surface area contributed by atoms with Gasteiger partial charge in [0.1, 0.15) is 0 Å². The number of benzene rings is 1. The molecule has 0 atom stereocenters. The van der Waals surface area contributed by atoms with Crippen molar-refractivity contribution in [3.05, 3.63) is 66.4 Å². The molecule has 0 bridgehead atoms. The van der Waals surface area contributed by atoms with Crippen LogP contribution in [0.5, 0.6) is 0 Å². The van der Waals surface area contributed by atoms with E-state index in [1.807, 2.05) is 12.2 Å². The number of para-hydroxylation sites is 1. The zero-order valence-electron chi connectivity index (χ0n) is 9.83. The van der Waals surface area contributed by atoms with Gasteiger partial charge >= 0.3 is 0 Å². The summed E-state index contributed by atoms with van der Waals surface area (Å²) in [5, 5.41) is 3.46. The molecule has 16 heavy (non-hydrogen) atoms. The fourth-order valence-corrected chi connectivity index (χ4v) is 2.06. The molecule has 0 fully saturated rings. The number of allylic oxidation sites excluding steroid dienone is 5. The first-order valence-electron chi connectivity index (χ1n) is 5.52. The summed E-state index contributed by atoms with van der Waals surface area (Å²) in [5.41, 5.74) is 3.85. The minimum atomic E-state index is 0.0576. The van der Waals surface area contributed by atoms with E-state index in [1.54, 1.807) is 6.08 Å². The van der Waals surface area contributed by atoms with Crippen molar-refractivity contribution in [2.75, 3.05) is 5.32 Å². The number of rotatable bonds is 2. The fourth-order valence-electron chi connectivity index (χ4n) is 2.06. The predicted molar refractivity (Wildman–Crippen MR) is 70.5 cm³/mol. The first-order chi connectivity index (χ1) is 7.66. The summed E-state index contributed by atoms with van der Waals surface area (Å²) in [7, 11) is 0. The molecule has 0 saturated carbocycles. The molecule has 0 spiro atoms. The topological polar surface area (TPSA) is 12.0 Å². The van der Waals surface area contributed by atoms with Crippen LogP contribution in [0.2, 0.25) is 0 Å². The van der Waals surface area contributed by atoms with Gasteiger partial charge in [-0.15, -0.1) is 0 Å². The van der Waals surface area contributed by atoms with E-state index in [9.17, 15) is 0 Å². The van der Waals surface area contributed by atoms with Crippen LogP contribution in [0.4, 0.5) is 5.69 Å². The van der Waals surface area contributed by atoms with Crippen LogP contribution < -0.4 is 5.32 Å². The standard InChI is InChI=1S/C15H17N/c1-4-5-6-11-14-15(2,3)12-9-7-8-10-13(12)16-14/h4-11,16H,1H2,2-3H3/b6-5-,14-11-. The average molecular weight is 211 g/mol. The lowest BCUT2D eigenvalue weighted by atomic mass is 9.84. The van der Waals surface area contributed by atoms with E-state index < -0.39 is 0 Å². The van der Waals surface area contributed by atoms with E-state index in [0.29, 0.717) is 0 Å². The highest BCUT2D eigenvalue weighted by Crippen LogP contribution is 2.42. The SMILES string of the molecule is C=C/C=C\C=C1/Nc2ccccc2C1(C)C. The highest BCUT2D eigenvalue weighted by Gasteiger charge is 2.33. The van der Waals surface area contributed by atoms with E-state index >= 15 is 0 Å². The fraction of sp³-hybridized carbons (Fsp3) is 0.200. The summed E-state index contributed by atoms with van der Waals surface area (Å²) in [6, 6.07) is 8.45. The minimum absolute atomic E-state index is 0.0576. The molecule has 0 saturated heterocycles. The highest BCUT2D eigenvalue weighted by atomic mass is 14.9. The number of hydrogen-bond donors (Lipinski definition) is 1. The Morgan fingerprint density at radius 3 is 2.62 bits per heavy atom. The third kappa shape index (κ3) is 1.69. The van der Waals surface area contributed by atoms with E-state index in [2.05, 4.69) is 56.1 Å². The molecule has 1 heteroatoms. The van der Waals surface area contributed by atoms with Gasteiger partial charge in [-0.1, -0.05) is 56.9 Å². The van der Waals surface area contributed by atoms with Crippen molar-refractivity contribution in [3.8, 4) is 0 Å². The Morgan fingerprint density at radius 2 is 1.94 bits per heavy atom. The van der Waals surface area contributed by atoms with Gasteiger partial charge in [0.25, 0.3) is 0 Å². The summed E-state index contributed by atoms with van der Waals surface area (Å²) in [6.45, 7) is 8.14. The number of hydrogen-bond acceptors (Lipinski definition) is 1. The Balaban J connectivity index is 2.39. The minimum Gasteiger partial charge on any atom is -0.358 e. The van der Waals surface area contributed by atoms with Gasteiger partial charge < -0.3 is 5.32 Å². The third-order valence-corrected chi connectivity index (χ3v) is 3.05. The molecular weight excluding hydrogens is 194 g/mol. The van der Waals surface area contributed by atoms with Gasteiger partial charge in [0.05, 0.1) is 0 Å². The summed E-state index contributed by atoms with van der Waals surface area (Å²) >= 11 is 0. The largest absolute Gasteiger partial charge is 0.358 e. The Labute approximate surface area is 97.2 Å². The van der Waals surface area contributed by atoms with Crippen molar-refractivity contribution in [2.45, 2.75) is 19.3 Å². The molecule has 0 aliphatic carbocycles. The van der Waals surface area contributed by atoms with Crippen LogP contribution in [0.25, 0.3) is 0 Å². The summed E-state index contributed by atoms with van der Waals surface area (Å²) in [6.07, 6.45) is 7.85. The van der Waals surface area contributed by atoms with Crippen molar-refractivity contribution >= 4 is 5.69 Å². The van der Waals surface area contributed by atoms with E-state index in [4.69, 9.17) is 0 Å². The first kappa shape index (κ1) is 10.7. The Hall–Kier alpha value is -1.76. The van der Waals surface area contributed by atoms with Crippen molar-refractivity contribution in [1.82, 2.24) is 0 Å². The molecule has 1 aliphatic rings. The van der Waals surface area contributed by atoms with Gasteiger partial charge in [0.2, 0.25) is 0 Å². The van der Waals surface area contributed by atoms with Crippen LogP contribution in [0.3, 0.4) is 0 Å². The molecule has 0 aromatic heterocycles. The van der Waals surface area contributed by atoms with E-state index in [0.717, 1.165) is 0 Å². The van der Waals surface area contributed by atoms with E-state index in [1.165, 1.54) is 16.9 Å². The molecule has 2 rings (SSSR count). The van der Waals surface area contributed by atoms with Gasteiger partial charge in [-0.05, 0) is 17.7 Å². The molecule has 1 nitrogen and oxygen atoms in total. The molecule has 1 N–H and O–H groups in total. The monoisotopic (exact) mass is 211 g/mol. The van der Waals surface area contributed by atoms with Gasteiger partial charge in [-0.3, -0.25) is 0 Å². The molecule has 82 valence electrons. The second-order valence-electron chi connectivity index (χ2n) is 4.50. The Morgan fingerprint density at radius 1 is 1.19 bits per heavy atom. The van der Waals surface area contributed by atoms with Crippen molar-refractivity contribution in [3.63, 3.8) is 0 Å². The second kappa shape index (κ2) is 4.01.